The maximum atomic E-state index is 16.0. The number of nitrogens with one attached hydrogen (secondary N) is 2. The van der Waals surface area contributed by atoms with E-state index < -0.39 is 52.0 Å². The highest BCUT2D eigenvalue weighted by molar-refractivity contribution is 8.03. The highest BCUT2D eigenvalue weighted by Crippen LogP contribution is 2.71. The molecule has 0 saturated carbocycles. The molecule has 554 valence electrons. The first-order chi connectivity index (χ1) is 49.4. The number of carbonyl (C=O) groups is 2. The lowest BCUT2D eigenvalue weighted by Crippen LogP contribution is -2.33. The van der Waals surface area contributed by atoms with Crippen molar-refractivity contribution in [3.63, 3.8) is 0 Å². The smallest absolute Gasteiger partial charge is 0.221 e. The number of rotatable bonds is 40. The Bertz CT molecular complexity index is 4010. The number of benzene rings is 6. The summed E-state index contributed by atoms with van der Waals surface area (Å²) in [5.41, 5.74) is 11.1. The molecule has 9 rings (SSSR count). The van der Waals surface area contributed by atoms with Crippen LogP contribution < -0.4 is 15.5 Å². The average molecular weight is 1500 g/mol. The lowest BCUT2D eigenvalue weighted by atomic mass is 9.71. The van der Waals surface area contributed by atoms with Crippen molar-refractivity contribution in [1.82, 2.24) is 10.6 Å². The van der Waals surface area contributed by atoms with Crippen molar-refractivity contribution in [2.45, 2.75) is 159 Å². The van der Waals surface area contributed by atoms with Gasteiger partial charge in [-0.2, -0.15) is 0 Å². The van der Waals surface area contributed by atoms with Crippen molar-refractivity contribution in [3.05, 3.63) is 255 Å². The van der Waals surface area contributed by atoms with Crippen LogP contribution in [-0.4, -0.2) is 106 Å². The summed E-state index contributed by atoms with van der Waals surface area (Å²) in [4.78, 5) is 31.5. The molecule has 0 saturated heterocycles. The number of anilines is 1. The number of ether oxygens (including phenoxy) is 1. The maximum absolute atomic E-state index is 16.0. The quantitative estimate of drug-likeness (QED) is 0.0157. The third-order valence-corrected chi connectivity index (χ3v) is 30.2. The largest absolute Gasteiger partial charge is 0.748 e. The Kier molecular flexibility index (Phi) is 30.3. The number of allylic oxidation sites excluding steroid dienone is 7. The van der Waals surface area contributed by atoms with Gasteiger partial charge in [0.05, 0.1) is 46.7 Å². The Morgan fingerprint density at radius 1 is 0.621 bits per heavy atom. The summed E-state index contributed by atoms with van der Waals surface area (Å²) in [6.07, 6.45) is 17.9. The van der Waals surface area contributed by atoms with Gasteiger partial charge in [-0.25, -0.2) is 16.8 Å². The summed E-state index contributed by atoms with van der Waals surface area (Å²) < 4.78 is 120. The van der Waals surface area contributed by atoms with E-state index in [1.54, 1.807) is 11.8 Å². The Labute approximate surface area is 616 Å². The Balaban J connectivity index is 0.871. The van der Waals surface area contributed by atoms with Gasteiger partial charge < -0.3 is 38.4 Å². The van der Waals surface area contributed by atoms with E-state index >= 15 is 9.13 Å². The molecule has 0 spiro atoms. The predicted octanol–water partition coefficient (Wildman–Crippen LogP) is 17.1. The van der Waals surface area contributed by atoms with Gasteiger partial charge in [0.1, 0.15) is 5.40 Å². The van der Waals surface area contributed by atoms with Crippen molar-refractivity contribution in [2.75, 3.05) is 67.3 Å². The first kappa shape index (κ1) is 80.6. The monoisotopic (exact) mass is 1500 g/mol. The zero-order valence-corrected chi connectivity index (χ0v) is 64.4. The molecule has 103 heavy (non-hydrogen) atoms. The molecule has 4 atom stereocenters. The summed E-state index contributed by atoms with van der Waals surface area (Å²) >= 11 is 1.68. The molecule has 4 unspecified atom stereocenters. The summed E-state index contributed by atoms with van der Waals surface area (Å²) in [7, 11) is -16.6. The number of nitrogens with zero attached hydrogens (tertiary/aromatic N) is 1. The maximum Gasteiger partial charge on any atom is 0.221 e. The molecule has 6 aromatic rings. The van der Waals surface area contributed by atoms with E-state index in [4.69, 9.17) is 13.8 Å². The number of fused-ring (bicyclic) bond motifs is 2. The summed E-state index contributed by atoms with van der Waals surface area (Å²) in [6.45, 7) is 10.2. The lowest BCUT2D eigenvalue weighted by molar-refractivity contribution is -0.121. The molecule has 2 N–H and O–H groups in total. The minimum absolute atomic E-state index is 0.0176. The van der Waals surface area contributed by atoms with E-state index in [-0.39, 0.29) is 99.5 Å². The molecule has 6 aromatic carbocycles. The normalized spacial score (nSPS) is 19.0. The highest BCUT2D eigenvalue weighted by Gasteiger charge is 2.49. The summed E-state index contributed by atoms with van der Waals surface area (Å²) in [5, 5.41) is 4.69. The minimum atomic E-state index is -4.35. The minimum Gasteiger partial charge on any atom is -0.748 e. The topological polar surface area (TPSA) is 238 Å². The average Bonchev–Trinajstić information content (AvgIpc) is 1.62. The third-order valence-electron chi connectivity index (χ3n) is 20.3. The second-order valence-corrected chi connectivity index (χ2v) is 38.5. The van der Waals surface area contributed by atoms with Crippen LogP contribution in [0.1, 0.15) is 156 Å². The van der Waals surface area contributed by atoms with Crippen LogP contribution in [0.5, 0.6) is 0 Å². The van der Waals surface area contributed by atoms with Crippen LogP contribution in [-0.2, 0) is 89.6 Å². The number of unbranched alkanes of at least 4 members (excludes halogenated alkanes) is 3. The Morgan fingerprint density at radius 2 is 1.15 bits per heavy atom. The lowest BCUT2D eigenvalue weighted by Gasteiger charge is -2.34. The van der Waals surface area contributed by atoms with Gasteiger partial charge in [0.15, 0.2) is 0 Å². The summed E-state index contributed by atoms with van der Waals surface area (Å²) in [6, 6.07) is 55.1. The fourth-order valence-electron chi connectivity index (χ4n) is 14.5. The highest BCUT2D eigenvalue weighted by atomic mass is 32.2. The zero-order valence-electron chi connectivity index (χ0n) is 60.2. The van der Waals surface area contributed by atoms with E-state index in [1.807, 2.05) is 133 Å². The van der Waals surface area contributed by atoms with E-state index in [9.17, 15) is 35.5 Å². The molecular formula is C82H103N3O13P2S3-2. The number of thioether (sulfide) groups is 1. The van der Waals surface area contributed by atoms with Gasteiger partial charge in [-0.15, -0.1) is 11.8 Å². The van der Waals surface area contributed by atoms with Gasteiger partial charge >= 0.3 is 0 Å². The number of carbonyl (C=O) groups excluding carboxylic acids is 2. The van der Waals surface area contributed by atoms with Crippen LogP contribution in [0.2, 0.25) is 0 Å². The number of hydrogen-bond acceptors (Lipinski definition) is 15. The fraction of sp³-hybridized carbons (Fsp3) is 0.439. The summed E-state index contributed by atoms with van der Waals surface area (Å²) in [5.74, 6) is -0.360. The third kappa shape index (κ3) is 24.3. The molecule has 0 radical (unpaired) electrons. The molecule has 21 heteroatoms. The van der Waals surface area contributed by atoms with Crippen molar-refractivity contribution >= 4 is 64.2 Å². The van der Waals surface area contributed by atoms with Gasteiger partial charge in [-0.3, -0.25) is 18.7 Å². The van der Waals surface area contributed by atoms with Gasteiger partial charge in [0.2, 0.25) is 26.6 Å². The Hall–Kier alpha value is -6.47. The van der Waals surface area contributed by atoms with Gasteiger partial charge in [-0.1, -0.05) is 223 Å². The molecule has 0 fully saturated rings. The van der Waals surface area contributed by atoms with Crippen LogP contribution in [0.4, 0.5) is 5.69 Å². The SMILES string of the molecule is CC1(C)/C(=C\C=C2/CCCC(/C=C/C3CCC(CCCCCS(=O)(=O)[O-])c4ccccc4C3(C)C)=C2SCCC(=O)NCCOCCNC(=O)CC(P(=O)(CCc2ccccc2)OCc2ccccc2)P(=O)(CCc2ccccc2)OCc2ccccc2)N(CCCCS(=O)(=O)[O-])c2ccccc21. The molecule has 1 aliphatic heterocycles. The van der Waals surface area contributed by atoms with Gasteiger partial charge in [-0.05, 0) is 150 Å². The molecule has 0 bridgehead atoms. The molecular weight excluding hydrogens is 1390 g/mol. The van der Waals surface area contributed by atoms with E-state index in [1.165, 1.54) is 22.3 Å². The zero-order chi connectivity index (χ0) is 73.4. The van der Waals surface area contributed by atoms with Gasteiger partial charge in [0.25, 0.3) is 0 Å². The second-order valence-electron chi connectivity index (χ2n) is 28.4. The van der Waals surface area contributed by atoms with E-state index in [2.05, 4.69) is 104 Å². The number of aryl methyl sites for hydroxylation is 2. The molecule has 2 amide bonds. The van der Waals surface area contributed by atoms with Crippen molar-refractivity contribution in [2.24, 2.45) is 5.92 Å². The van der Waals surface area contributed by atoms with Gasteiger partial charge in [0, 0.05) is 83.8 Å². The number of amides is 2. The molecule has 0 aromatic heterocycles. The van der Waals surface area contributed by atoms with Crippen molar-refractivity contribution in [3.8, 4) is 0 Å². The first-order valence-electron chi connectivity index (χ1n) is 36.4. The second kappa shape index (κ2) is 38.7. The molecule has 3 aliphatic rings. The fourth-order valence-corrected chi connectivity index (χ4v) is 24.0. The van der Waals surface area contributed by atoms with Crippen LogP contribution in [0, 0.1) is 5.92 Å². The number of hydrogen-bond donors (Lipinski definition) is 2. The van der Waals surface area contributed by atoms with Crippen LogP contribution in [0.15, 0.2) is 216 Å². The standard InChI is InChI=1S/C82H105N3O13P2S3/c1-81(2)71(45-42-68(72-38-19-20-39-73(72)81)35-18-9-24-59-102(90,91)92)46-43-69-36-26-37-70(44-47-76-82(3,4)74-40-21-22-41-75(74)85(76)53-23-25-60-103(93,94)95)80(69)101-58-50-77(86)83-51-54-96-55-52-84-78(87)61-79(99(88,56-48-64-27-10-5-11-28-64)97-62-66-31-14-7-15-32-66)100(89,57-49-65-29-12-6-13-30-65)98-63-67-33-16-8-17-34-67/h5-8,10-17,19-22,27-34,38-41,43-44,46-47,68,71,79H,9,18,23-26,35-37,42,45,48-63H2,1-4H3,(H,83,86)(H,84,87)(H,90,91,92)(H,93,94,95)/p-2/b46-43+,70-44+,76-47+. The van der Waals surface area contributed by atoms with E-state index in [0.717, 1.165) is 89.1 Å². The van der Waals surface area contributed by atoms with Crippen molar-refractivity contribution < 1.29 is 58.4 Å². The predicted molar refractivity (Wildman–Crippen MR) is 415 cm³/mol. The number of para-hydroxylation sites is 1. The van der Waals surface area contributed by atoms with E-state index in [0.29, 0.717) is 50.3 Å². The first-order valence-corrected chi connectivity index (χ1v) is 44.3. The van der Waals surface area contributed by atoms with Crippen molar-refractivity contribution in [1.29, 1.82) is 0 Å². The molecule has 2 aliphatic carbocycles. The molecule has 16 nitrogen and oxygen atoms in total. The Morgan fingerprint density at radius 3 is 1.73 bits per heavy atom. The molecule has 1 heterocycles. The van der Waals surface area contributed by atoms with Crippen LogP contribution in [0.25, 0.3) is 0 Å². The van der Waals surface area contributed by atoms with Crippen LogP contribution in [0.3, 0.4) is 0 Å². The van der Waals surface area contributed by atoms with Crippen LogP contribution >= 0.6 is 26.5 Å².